The number of carbonyl (C=O) groups excluding carboxylic acids is 2. The van der Waals surface area contributed by atoms with Crippen molar-refractivity contribution in [1.29, 1.82) is 0 Å². The van der Waals surface area contributed by atoms with E-state index < -0.39 is 0 Å². The molecule has 0 bridgehead atoms. The van der Waals surface area contributed by atoms with Gasteiger partial charge in [-0.15, -0.1) is 0 Å². The molecule has 0 saturated carbocycles. The Bertz CT molecular complexity index is 1130. The van der Waals surface area contributed by atoms with Crippen LogP contribution in [-0.2, 0) is 9.53 Å². The van der Waals surface area contributed by atoms with Gasteiger partial charge in [0, 0.05) is 23.7 Å². The summed E-state index contributed by atoms with van der Waals surface area (Å²) in [7, 11) is 1.61. The number of halogens is 1. The third-order valence-corrected chi connectivity index (χ3v) is 6.02. The molecule has 1 aliphatic rings. The Labute approximate surface area is 197 Å². The number of carbonyl (C=O) groups is 2. The van der Waals surface area contributed by atoms with Gasteiger partial charge in [0.05, 0.1) is 31.0 Å². The lowest BCUT2D eigenvalue weighted by Gasteiger charge is -2.30. The lowest BCUT2D eigenvalue weighted by Crippen LogP contribution is -2.41. The minimum Gasteiger partial charge on any atom is -0.497 e. The lowest BCUT2D eigenvalue weighted by molar-refractivity contribution is -0.149. The highest BCUT2D eigenvalue weighted by atomic mass is 35.5. The van der Waals surface area contributed by atoms with Crippen molar-refractivity contribution < 1.29 is 19.1 Å². The van der Waals surface area contributed by atoms with E-state index in [4.69, 9.17) is 26.2 Å². The lowest BCUT2D eigenvalue weighted by atomic mass is 9.97. The summed E-state index contributed by atoms with van der Waals surface area (Å²) >= 11 is 6.06. The number of piperidine rings is 1. The molecule has 3 aromatic rings. The van der Waals surface area contributed by atoms with E-state index in [-0.39, 0.29) is 17.8 Å². The molecule has 1 fully saturated rings. The first-order valence-corrected chi connectivity index (χ1v) is 11.3. The van der Waals surface area contributed by atoms with Crippen LogP contribution in [0.3, 0.4) is 0 Å². The average Bonchev–Trinajstić information content (AvgIpc) is 3.30. The number of likely N-dealkylation sites (tertiary alicyclic amines) is 1. The Morgan fingerprint density at radius 3 is 2.48 bits per heavy atom. The van der Waals surface area contributed by atoms with Crippen LogP contribution >= 0.6 is 11.6 Å². The zero-order valence-corrected chi connectivity index (χ0v) is 19.4. The first-order valence-electron chi connectivity index (χ1n) is 11.0. The molecule has 7 nitrogen and oxygen atoms in total. The predicted molar refractivity (Wildman–Crippen MR) is 126 cm³/mol. The molecule has 8 heteroatoms. The van der Waals surface area contributed by atoms with Gasteiger partial charge in [0.15, 0.2) is 0 Å². The number of ether oxygens (including phenoxy) is 2. The van der Waals surface area contributed by atoms with Crippen molar-refractivity contribution in [2.75, 3.05) is 26.8 Å². The Kier molecular flexibility index (Phi) is 6.99. The van der Waals surface area contributed by atoms with Gasteiger partial charge in [-0.25, -0.2) is 4.68 Å². The minimum absolute atomic E-state index is 0.131. The summed E-state index contributed by atoms with van der Waals surface area (Å²) in [6, 6.07) is 16.5. The molecule has 2 heterocycles. The molecule has 1 saturated heterocycles. The van der Waals surface area contributed by atoms with Gasteiger partial charge in [0.2, 0.25) is 0 Å². The number of aromatic nitrogens is 2. The molecule has 0 N–H and O–H groups in total. The fourth-order valence-corrected chi connectivity index (χ4v) is 4.10. The molecule has 33 heavy (non-hydrogen) atoms. The van der Waals surface area contributed by atoms with Gasteiger partial charge in [0.1, 0.15) is 11.4 Å². The fourth-order valence-electron chi connectivity index (χ4n) is 3.98. The van der Waals surface area contributed by atoms with E-state index in [1.165, 1.54) is 0 Å². The van der Waals surface area contributed by atoms with Gasteiger partial charge < -0.3 is 14.4 Å². The Hall–Kier alpha value is -3.32. The van der Waals surface area contributed by atoms with Crippen LogP contribution in [0.25, 0.3) is 16.9 Å². The maximum atomic E-state index is 13.5. The molecule has 172 valence electrons. The third kappa shape index (κ3) is 5.03. The second kappa shape index (κ2) is 10.1. The molecule has 1 aliphatic heterocycles. The number of methoxy groups -OCH3 is 1. The maximum absolute atomic E-state index is 13.5. The van der Waals surface area contributed by atoms with Crippen molar-refractivity contribution >= 4 is 23.5 Å². The highest BCUT2D eigenvalue weighted by molar-refractivity contribution is 6.30. The number of hydrogen-bond donors (Lipinski definition) is 0. The van der Waals surface area contributed by atoms with E-state index in [2.05, 4.69) is 0 Å². The Balaban J connectivity index is 1.64. The Morgan fingerprint density at radius 1 is 1.09 bits per heavy atom. The molecule has 0 atom stereocenters. The van der Waals surface area contributed by atoms with E-state index in [0.717, 1.165) is 11.3 Å². The number of rotatable bonds is 6. The largest absolute Gasteiger partial charge is 0.497 e. The summed E-state index contributed by atoms with van der Waals surface area (Å²) in [4.78, 5) is 27.4. The van der Waals surface area contributed by atoms with Gasteiger partial charge in [-0.1, -0.05) is 23.7 Å². The first-order chi connectivity index (χ1) is 16.0. The summed E-state index contributed by atoms with van der Waals surface area (Å²) in [5.74, 6) is 0.231. The Morgan fingerprint density at radius 2 is 1.82 bits per heavy atom. The van der Waals surface area contributed by atoms with Crippen LogP contribution in [0.2, 0.25) is 5.02 Å². The molecule has 0 aliphatic carbocycles. The van der Waals surface area contributed by atoms with Crippen LogP contribution in [0, 0.1) is 5.92 Å². The average molecular weight is 468 g/mol. The van der Waals surface area contributed by atoms with E-state index in [1.807, 2.05) is 36.4 Å². The second-order valence-corrected chi connectivity index (χ2v) is 8.29. The second-order valence-electron chi connectivity index (χ2n) is 7.85. The quantitative estimate of drug-likeness (QED) is 0.495. The maximum Gasteiger partial charge on any atom is 0.309 e. The van der Waals surface area contributed by atoms with Crippen molar-refractivity contribution in [3.8, 4) is 22.7 Å². The number of benzene rings is 2. The number of hydrogen-bond acceptors (Lipinski definition) is 5. The van der Waals surface area contributed by atoms with Crippen molar-refractivity contribution in [1.82, 2.24) is 14.7 Å². The molecular weight excluding hydrogens is 442 g/mol. The van der Waals surface area contributed by atoms with Gasteiger partial charge in [-0.05, 0) is 62.2 Å². The highest BCUT2D eigenvalue weighted by Gasteiger charge is 2.30. The molecule has 2 aromatic carbocycles. The summed E-state index contributed by atoms with van der Waals surface area (Å²) in [5, 5.41) is 5.34. The van der Waals surface area contributed by atoms with Gasteiger partial charge in [-0.2, -0.15) is 5.10 Å². The van der Waals surface area contributed by atoms with Crippen LogP contribution in [0.1, 0.15) is 30.3 Å². The number of amides is 1. The molecule has 1 amide bonds. The molecule has 4 rings (SSSR count). The summed E-state index contributed by atoms with van der Waals surface area (Å²) in [6.07, 6.45) is 1.17. The first kappa shape index (κ1) is 22.9. The van der Waals surface area contributed by atoms with Crippen LogP contribution in [0.15, 0.2) is 54.6 Å². The topological polar surface area (TPSA) is 73.7 Å². The van der Waals surface area contributed by atoms with Crippen molar-refractivity contribution in [2.45, 2.75) is 19.8 Å². The monoisotopic (exact) mass is 467 g/mol. The van der Waals surface area contributed by atoms with Gasteiger partial charge >= 0.3 is 5.97 Å². The zero-order chi connectivity index (χ0) is 23.4. The minimum atomic E-state index is -0.184. The molecule has 0 spiro atoms. The molecular formula is C25H26ClN3O4. The highest BCUT2D eigenvalue weighted by Crippen LogP contribution is 2.27. The van der Waals surface area contributed by atoms with Gasteiger partial charge in [0.25, 0.3) is 5.91 Å². The SMILES string of the molecule is CCOC(=O)C1CCN(C(=O)c2cc(-c3cccc(OC)c3)nn2-c2ccc(Cl)cc2)CC1. The standard InChI is InChI=1S/C25H26ClN3O4/c1-3-33-25(31)17-11-13-28(14-12-17)24(30)23-16-22(18-5-4-6-21(15-18)32-2)27-29(23)20-9-7-19(26)8-10-20/h4-10,15-17H,3,11-14H2,1-2H3. The molecule has 0 unspecified atom stereocenters. The molecule has 1 aromatic heterocycles. The van der Waals surface area contributed by atoms with E-state index in [1.54, 1.807) is 41.8 Å². The van der Waals surface area contributed by atoms with Crippen LogP contribution in [0.4, 0.5) is 0 Å². The smallest absolute Gasteiger partial charge is 0.309 e. The van der Waals surface area contributed by atoms with E-state index in [0.29, 0.717) is 54.7 Å². The molecule has 0 radical (unpaired) electrons. The fraction of sp³-hybridized carbons (Fsp3) is 0.320. The number of esters is 1. The summed E-state index contributed by atoms with van der Waals surface area (Å²) in [6.45, 7) is 3.14. The number of nitrogens with zero attached hydrogens (tertiary/aromatic N) is 3. The van der Waals surface area contributed by atoms with E-state index in [9.17, 15) is 9.59 Å². The van der Waals surface area contributed by atoms with Crippen molar-refractivity contribution in [3.63, 3.8) is 0 Å². The zero-order valence-electron chi connectivity index (χ0n) is 18.7. The van der Waals surface area contributed by atoms with E-state index >= 15 is 0 Å². The van der Waals surface area contributed by atoms with Crippen LogP contribution < -0.4 is 4.74 Å². The normalized spacial score (nSPS) is 14.2. The van der Waals surface area contributed by atoms with Crippen LogP contribution in [-0.4, -0.2) is 53.4 Å². The summed E-state index contributed by atoms with van der Waals surface area (Å²) in [5.41, 5.74) is 2.69. The third-order valence-electron chi connectivity index (χ3n) is 5.77. The van der Waals surface area contributed by atoms with Crippen LogP contribution in [0.5, 0.6) is 5.75 Å². The predicted octanol–water partition coefficient (Wildman–Crippen LogP) is 4.62. The van der Waals surface area contributed by atoms with Gasteiger partial charge in [-0.3, -0.25) is 9.59 Å². The van der Waals surface area contributed by atoms with Crippen molar-refractivity contribution in [2.24, 2.45) is 5.92 Å². The van der Waals surface area contributed by atoms with Crippen molar-refractivity contribution in [3.05, 3.63) is 65.3 Å². The summed E-state index contributed by atoms with van der Waals surface area (Å²) < 4.78 is 12.1.